The van der Waals surface area contributed by atoms with Gasteiger partial charge in [-0.2, -0.15) is 0 Å². The monoisotopic (exact) mass is 455 g/mol. The van der Waals surface area contributed by atoms with E-state index in [2.05, 4.69) is 0 Å². The van der Waals surface area contributed by atoms with E-state index in [4.69, 9.17) is 4.74 Å². The van der Waals surface area contributed by atoms with E-state index in [1.807, 2.05) is 0 Å². The van der Waals surface area contributed by atoms with Crippen LogP contribution in [0.2, 0.25) is 0 Å². The van der Waals surface area contributed by atoms with Crippen molar-refractivity contribution in [1.82, 2.24) is 4.90 Å². The van der Waals surface area contributed by atoms with Crippen LogP contribution in [0.1, 0.15) is 45.2 Å². The zero-order valence-electron chi connectivity index (χ0n) is 18.2. The number of aliphatic carboxylic acids is 1. The van der Waals surface area contributed by atoms with Crippen LogP contribution >= 0.6 is 0 Å². The van der Waals surface area contributed by atoms with Gasteiger partial charge in [-0.15, -0.1) is 0 Å². The molecule has 2 heterocycles. The minimum Gasteiger partial charge on any atom is -0.543 e. The molecule has 0 spiro atoms. The Morgan fingerprint density at radius 3 is 2.42 bits per heavy atom. The zero-order valence-corrected chi connectivity index (χ0v) is 20.2. The maximum atomic E-state index is 13.0. The molecule has 0 bridgehead atoms. The Labute approximate surface area is 211 Å². The van der Waals surface area contributed by atoms with Gasteiger partial charge >= 0.3 is 35.5 Å². The number of β-lactam (4-membered cyclic amide) rings is 1. The first-order valence-electron chi connectivity index (χ1n) is 10.1. The van der Waals surface area contributed by atoms with Gasteiger partial charge in [0.25, 0.3) is 0 Å². The topological polar surface area (TPSA) is 124 Å². The van der Waals surface area contributed by atoms with Gasteiger partial charge in [0.15, 0.2) is 5.78 Å². The molecule has 2 aromatic rings. The number of hydrogen-bond acceptors (Lipinski definition) is 7. The Balaban J connectivity index is 0.00000259. The molecule has 0 saturated carbocycles. The number of carbonyl (C=O) groups excluding carboxylic acids is 4. The third-order valence-electron chi connectivity index (χ3n) is 6.50. The van der Waals surface area contributed by atoms with Crippen molar-refractivity contribution >= 4 is 29.2 Å². The van der Waals surface area contributed by atoms with Crippen LogP contribution in [0.3, 0.4) is 0 Å². The molecule has 0 aromatic heterocycles. The van der Waals surface area contributed by atoms with Crippen molar-refractivity contribution in [3.05, 3.63) is 64.3 Å². The molecular formula is C24H18NNaO7. The van der Waals surface area contributed by atoms with Crippen molar-refractivity contribution < 1.29 is 63.7 Å². The summed E-state index contributed by atoms with van der Waals surface area (Å²) in [5.74, 6) is -3.74. The van der Waals surface area contributed by atoms with E-state index < -0.39 is 35.9 Å². The molecule has 2 aromatic carbocycles. The predicted octanol–water partition coefficient (Wildman–Crippen LogP) is -2.24. The Morgan fingerprint density at radius 1 is 1.15 bits per heavy atom. The largest absolute Gasteiger partial charge is 1.00 e. The summed E-state index contributed by atoms with van der Waals surface area (Å²) in [5, 5.41) is 21.9. The molecule has 1 saturated heterocycles. The maximum Gasteiger partial charge on any atom is 1.00 e. The van der Waals surface area contributed by atoms with E-state index in [9.17, 15) is 29.4 Å². The number of aliphatic hydroxyl groups is 1. The van der Waals surface area contributed by atoms with Gasteiger partial charge < -0.3 is 24.6 Å². The van der Waals surface area contributed by atoms with E-state index in [-0.39, 0.29) is 58.6 Å². The molecule has 1 amide bonds. The summed E-state index contributed by atoms with van der Waals surface area (Å²) >= 11 is 0. The van der Waals surface area contributed by atoms with Crippen molar-refractivity contribution in [3.63, 3.8) is 0 Å². The van der Waals surface area contributed by atoms with Gasteiger partial charge in [-0.05, 0) is 47.7 Å². The average Bonchev–Trinajstić information content (AvgIpc) is 3.26. The quantitative estimate of drug-likeness (QED) is 0.268. The van der Waals surface area contributed by atoms with Crippen LogP contribution in [-0.4, -0.2) is 52.9 Å². The van der Waals surface area contributed by atoms with E-state index in [1.54, 1.807) is 30.3 Å². The zero-order chi connectivity index (χ0) is 22.9. The number of fused-ring (bicyclic) bond motifs is 4. The fourth-order valence-electron chi connectivity index (χ4n) is 5.11. The number of hydrogen-bond donors (Lipinski definition) is 1. The predicted molar refractivity (Wildman–Crippen MR) is 109 cm³/mol. The molecule has 1 aliphatic carbocycles. The number of amides is 1. The summed E-state index contributed by atoms with van der Waals surface area (Å²) in [6.45, 7) is 1.49. The molecule has 33 heavy (non-hydrogen) atoms. The van der Waals surface area contributed by atoms with Crippen LogP contribution in [0.4, 0.5) is 0 Å². The number of rotatable bonds is 4. The van der Waals surface area contributed by atoms with Gasteiger partial charge in [0, 0.05) is 11.1 Å². The van der Waals surface area contributed by atoms with Crippen LogP contribution in [0.25, 0.3) is 16.7 Å². The van der Waals surface area contributed by atoms with Gasteiger partial charge in [-0.25, -0.2) is 4.79 Å². The Kier molecular flexibility index (Phi) is 5.82. The molecule has 0 radical (unpaired) electrons. The first-order valence-corrected chi connectivity index (χ1v) is 10.1. The summed E-state index contributed by atoms with van der Waals surface area (Å²) in [5.41, 5.74) is 2.24. The molecule has 1 N–H and O–H groups in total. The number of ether oxygens (including phenoxy) is 1. The number of ketones is 1. The van der Waals surface area contributed by atoms with Crippen LogP contribution in [-0.2, 0) is 14.3 Å². The number of esters is 1. The van der Waals surface area contributed by atoms with Crippen LogP contribution in [0.5, 0.6) is 0 Å². The first kappa shape index (κ1) is 23.4. The minimum absolute atomic E-state index is 0. The molecule has 5 rings (SSSR count). The Hall–Kier alpha value is -2.78. The van der Waals surface area contributed by atoms with Crippen molar-refractivity contribution in [2.45, 2.75) is 25.5 Å². The molecule has 162 valence electrons. The maximum absolute atomic E-state index is 13.0. The van der Waals surface area contributed by atoms with Crippen LogP contribution < -0.4 is 34.7 Å². The summed E-state index contributed by atoms with van der Waals surface area (Å²) in [6.07, 6.45) is -0.749. The summed E-state index contributed by atoms with van der Waals surface area (Å²) in [6, 6.07) is 9.50. The van der Waals surface area contributed by atoms with E-state index >= 15 is 0 Å². The standard InChI is InChI=1S/C24H19NO7.Na/c1-10(26)18-17-9-14(20(23(29)30)25(17)22(18)28)11-7-15-12-5-3-4-6-13(12)21(27)19(15)16(8-11)24(31)32-2;/h3-8,10,17-18,26H,9H2,1-2H3,(H,29,30);/q;+1/p-1/t10-,17-,18-;/m1./s1. The normalized spacial score (nSPS) is 21.0. The first-order chi connectivity index (χ1) is 15.3. The molecule has 9 heteroatoms. The average molecular weight is 455 g/mol. The van der Waals surface area contributed by atoms with Gasteiger partial charge in [0.05, 0.1) is 42.4 Å². The molecule has 3 atom stereocenters. The van der Waals surface area contributed by atoms with E-state index in [1.165, 1.54) is 20.1 Å². The van der Waals surface area contributed by atoms with Gasteiger partial charge in [-0.3, -0.25) is 9.59 Å². The fourth-order valence-corrected chi connectivity index (χ4v) is 5.11. The second-order valence-electron chi connectivity index (χ2n) is 8.17. The smallest absolute Gasteiger partial charge is 0.543 e. The van der Waals surface area contributed by atoms with E-state index in [0.717, 1.165) is 4.90 Å². The van der Waals surface area contributed by atoms with Crippen molar-refractivity contribution in [3.8, 4) is 11.1 Å². The summed E-state index contributed by atoms with van der Waals surface area (Å²) in [7, 11) is 1.20. The molecule has 0 unspecified atom stereocenters. The molecule has 8 nitrogen and oxygen atoms in total. The number of methoxy groups -OCH3 is 1. The molecule has 1 fully saturated rings. The van der Waals surface area contributed by atoms with Crippen molar-refractivity contribution in [1.29, 1.82) is 0 Å². The fraction of sp³-hybridized carbons (Fsp3) is 0.250. The third kappa shape index (κ3) is 3.20. The SMILES string of the molecule is COC(=O)c1cc(C2=C(C(=O)[O-])N3C(=O)[C@H]([C@@H](C)O)[C@H]3C2)cc2c1C(=O)c1ccccc1-2.[Na+]. The molecule has 3 aliphatic rings. The van der Waals surface area contributed by atoms with Crippen molar-refractivity contribution in [2.75, 3.05) is 7.11 Å². The molecular weight excluding hydrogens is 437 g/mol. The van der Waals surface area contributed by atoms with Crippen molar-refractivity contribution in [2.24, 2.45) is 5.92 Å². The van der Waals surface area contributed by atoms with Crippen LogP contribution in [0.15, 0.2) is 42.1 Å². The summed E-state index contributed by atoms with van der Waals surface area (Å²) in [4.78, 5) is 51.2. The molecule has 2 aliphatic heterocycles. The van der Waals surface area contributed by atoms with Gasteiger partial charge in [0.2, 0.25) is 5.91 Å². The number of nitrogens with zero attached hydrogens (tertiary/aromatic N) is 1. The number of aliphatic hydroxyl groups excluding tert-OH is 1. The van der Waals surface area contributed by atoms with E-state index in [0.29, 0.717) is 27.8 Å². The van der Waals surface area contributed by atoms with Gasteiger partial charge in [-0.1, -0.05) is 24.3 Å². The Bertz CT molecular complexity index is 1280. The Morgan fingerprint density at radius 2 is 1.82 bits per heavy atom. The van der Waals surface area contributed by atoms with Gasteiger partial charge in [0.1, 0.15) is 0 Å². The van der Waals surface area contributed by atoms with Crippen LogP contribution in [0, 0.1) is 5.92 Å². The number of carbonyl (C=O) groups is 4. The summed E-state index contributed by atoms with van der Waals surface area (Å²) < 4.78 is 4.89. The number of carboxylic acids is 1. The minimum atomic E-state index is -1.52. The number of carboxylic acid groups (broad SMARTS) is 1. The second kappa shape index (κ2) is 8.22. The number of benzene rings is 2. The third-order valence-corrected chi connectivity index (χ3v) is 6.50. The second-order valence-corrected chi connectivity index (χ2v) is 8.17.